The molecule has 0 aliphatic heterocycles. The van der Waals surface area contributed by atoms with Crippen molar-refractivity contribution in [2.45, 2.75) is 56.5 Å². The van der Waals surface area contributed by atoms with E-state index in [0.29, 0.717) is 12.8 Å². The van der Waals surface area contributed by atoms with Crippen molar-refractivity contribution < 1.29 is 24.2 Å². The monoisotopic (exact) mass is 475 g/mol. The number of ether oxygens (including phenoxy) is 1. The van der Waals surface area contributed by atoms with E-state index < -0.39 is 24.0 Å². The van der Waals surface area contributed by atoms with Crippen LogP contribution >= 0.6 is 0 Å². The highest BCUT2D eigenvalue weighted by Crippen LogP contribution is 2.44. The number of carboxylic acid groups (broad SMARTS) is 1. The maximum absolute atomic E-state index is 12.9. The van der Waals surface area contributed by atoms with Gasteiger partial charge in [0.15, 0.2) is 0 Å². The van der Waals surface area contributed by atoms with E-state index in [9.17, 15) is 19.6 Å². The van der Waals surface area contributed by atoms with Crippen LogP contribution in [0.5, 0.6) is 0 Å². The molecule has 0 saturated heterocycles. The van der Waals surface area contributed by atoms with Gasteiger partial charge in [-0.25, -0.2) is 4.79 Å². The fraction of sp³-hybridized carbons (Fsp3) is 0.407. The summed E-state index contributed by atoms with van der Waals surface area (Å²) in [6.07, 6.45) is 2.09. The molecule has 2 aliphatic rings. The zero-order valence-corrected chi connectivity index (χ0v) is 19.4. The zero-order valence-electron chi connectivity index (χ0n) is 19.4. The fourth-order valence-corrected chi connectivity index (χ4v) is 5.06. The Bertz CT molecular complexity index is 1100. The third kappa shape index (κ3) is 5.62. The van der Waals surface area contributed by atoms with Crippen LogP contribution in [0.1, 0.15) is 55.6 Å². The van der Waals surface area contributed by atoms with Crippen LogP contribution in [-0.2, 0) is 14.3 Å². The number of alkyl carbamates (subject to hydrolysis) is 1. The maximum Gasteiger partial charge on any atom is 0.407 e. The molecule has 0 aromatic heterocycles. The van der Waals surface area contributed by atoms with Crippen LogP contribution in [0.15, 0.2) is 48.5 Å². The van der Waals surface area contributed by atoms with Crippen LogP contribution in [0.2, 0.25) is 0 Å². The highest BCUT2D eigenvalue weighted by atomic mass is 16.5. The fourth-order valence-electron chi connectivity index (χ4n) is 5.06. The van der Waals surface area contributed by atoms with Crippen molar-refractivity contribution in [3.05, 3.63) is 59.7 Å². The van der Waals surface area contributed by atoms with Gasteiger partial charge in [0.1, 0.15) is 12.6 Å². The summed E-state index contributed by atoms with van der Waals surface area (Å²) < 4.78 is 5.53. The van der Waals surface area contributed by atoms with E-state index in [1.807, 2.05) is 48.5 Å². The van der Waals surface area contributed by atoms with Crippen molar-refractivity contribution in [3.63, 3.8) is 0 Å². The molecule has 8 nitrogen and oxygen atoms in total. The second-order valence-corrected chi connectivity index (χ2v) is 9.09. The third-order valence-electron chi connectivity index (χ3n) is 6.86. The lowest BCUT2D eigenvalue weighted by Crippen LogP contribution is -2.52. The molecule has 0 radical (unpaired) electrons. The van der Waals surface area contributed by atoms with Crippen molar-refractivity contribution in [3.8, 4) is 17.2 Å². The highest BCUT2D eigenvalue weighted by Gasteiger charge is 2.32. The lowest BCUT2D eigenvalue weighted by Gasteiger charge is -2.29. The van der Waals surface area contributed by atoms with E-state index in [0.717, 1.165) is 35.1 Å². The summed E-state index contributed by atoms with van der Waals surface area (Å²) in [6.45, 7) is 0.0895. The molecule has 2 aromatic rings. The van der Waals surface area contributed by atoms with Crippen LogP contribution in [-0.4, -0.2) is 41.8 Å². The van der Waals surface area contributed by atoms with Gasteiger partial charge in [-0.3, -0.25) is 9.59 Å². The molecule has 0 spiro atoms. The molecule has 0 bridgehead atoms. The lowest BCUT2D eigenvalue weighted by atomic mass is 9.85. The van der Waals surface area contributed by atoms with E-state index in [1.165, 1.54) is 0 Å². The number of carbonyl (C=O) groups excluding carboxylic acids is 2. The number of carbonyl (C=O) groups is 3. The molecule has 2 amide bonds. The van der Waals surface area contributed by atoms with E-state index in [-0.39, 0.29) is 37.3 Å². The predicted octanol–water partition coefficient (Wildman–Crippen LogP) is 3.96. The lowest BCUT2D eigenvalue weighted by molar-refractivity contribution is -0.137. The Kier molecular flexibility index (Phi) is 7.66. The van der Waals surface area contributed by atoms with Gasteiger partial charge in [-0.05, 0) is 41.5 Å². The number of nitrogens with zero attached hydrogens (tertiary/aromatic N) is 1. The van der Waals surface area contributed by atoms with Crippen LogP contribution in [0, 0.1) is 17.2 Å². The summed E-state index contributed by atoms with van der Waals surface area (Å²) in [5.41, 5.74) is 4.36. The van der Waals surface area contributed by atoms with Gasteiger partial charge in [0.2, 0.25) is 5.91 Å². The second-order valence-electron chi connectivity index (χ2n) is 9.09. The summed E-state index contributed by atoms with van der Waals surface area (Å²) in [5.74, 6) is -1.98. The summed E-state index contributed by atoms with van der Waals surface area (Å²) in [5, 5.41) is 23.9. The molecule has 2 aromatic carbocycles. The van der Waals surface area contributed by atoms with Crippen molar-refractivity contribution in [1.29, 1.82) is 5.26 Å². The number of amides is 2. The Labute approximate surface area is 204 Å². The summed E-state index contributed by atoms with van der Waals surface area (Å²) in [6, 6.07) is 16.8. The van der Waals surface area contributed by atoms with Crippen molar-refractivity contribution in [2.24, 2.45) is 5.92 Å². The van der Waals surface area contributed by atoms with Crippen LogP contribution in [0.25, 0.3) is 11.1 Å². The van der Waals surface area contributed by atoms with E-state index >= 15 is 0 Å². The first kappa shape index (κ1) is 24.3. The van der Waals surface area contributed by atoms with Gasteiger partial charge in [0, 0.05) is 18.4 Å². The minimum atomic E-state index is -1.07. The minimum absolute atomic E-state index is 0.0741. The normalized spacial score (nSPS) is 19.5. The molecule has 35 heavy (non-hydrogen) atoms. The smallest absolute Gasteiger partial charge is 0.407 e. The number of rotatable bonds is 8. The Morgan fingerprint density at radius 3 is 2.29 bits per heavy atom. The Hall–Kier alpha value is -3.86. The highest BCUT2D eigenvalue weighted by molar-refractivity contribution is 5.86. The minimum Gasteiger partial charge on any atom is -0.481 e. The molecule has 3 unspecified atom stereocenters. The number of carboxylic acids is 1. The van der Waals surface area contributed by atoms with Crippen molar-refractivity contribution >= 4 is 18.0 Å². The first-order chi connectivity index (χ1) is 17.0. The number of aliphatic carboxylic acids is 1. The molecule has 3 atom stereocenters. The largest absolute Gasteiger partial charge is 0.481 e. The average molecular weight is 476 g/mol. The Morgan fingerprint density at radius 2 is 1.66 bits per heavy atom. The predicted molar refractivity (Wildman–Crippen MR) is 128 cm³/mol. The molecule has 182 valence electrons. The van der Waals surface area contributed by atoms with E-state index in [2.05, 4.69) is 16.7 Å². The topological polar surface area (TPSA) is 129 Å². The van der Waals surface area contributed by atoms with E-state index in [4.69, 9.17) is 9.84 Å². The molecule has 1 fully saturated rings. The van der Waals surface area contributed by atoms with Crippen molar-refractivity contribution in [1.82, 2.24) is 10.6 Å². The second kappa shape index (κ2) is 11.0. The van der Waals surface area contributed by atoms with Crippen molar-refractivity contribution in [2.75, 3.05) is 6.61 Å². The van der Waals surface area contributed by atoms with Gasteiger partial charge in [0.05, 0.1) is 12.0 Å². The molecule has 4 rings (SSSR count). The van der Waals surface area contributed by atoms with Gasteiger partial charge in [-0.15, -0.1) is 0 Å². The van der Waals surface area contributed by atoms with Crippen LogP contribution < -0.4 is 10.6 Å². The number of nitriles is 1. The first-order valence-electron chi connectivity index (χ1n) is 12.0. The summed E-state index contributed by atoms with van der Waals surface area (Å²) >= 11 is 0. The zero-order chi connectivity index (χ0) is 24.8. The van der Waals surface area contributed by atoms with Crippen LogP contribution in [0.3, 0.4) is 0 Å². The van der Waals surface area contributed by atoms with Gasteiger partial charge < -0.3 is 20.5 Å². The van der Waals surface area contributed by atoms with Gasteiger partial charge in [-0.1, -0.05) is 61.4 Å². The number of nitrogens with one attached hydrogen (secondary N) is 2. The molecular weight excluding hydrogens is 446 g/mol. The number of fused-ring (bicyclic) bond motifs is 3. The van der Waals surface area contributed by atoms with Crippen LogP contribution in [0.4, 0.5) is 4.79 Å². The SMILES string of the molecule is N#CC1CCCCC1NC(=O)C(CCC(=O)O)NC(=O)OCC1c2ccccc2-c2ccccc21. The molecule has 2 aliphatic carbocycles. The maximum atomic E-state index is 12.9. The number of hydrogen-bond donors (Lipinski definition) is 3. The summed E-state index contributed by atoms with van der Waals surface area (Å²) in [4.78, 5) is 36.7. The number of benzene rings is 2. The quantitative estimate of drug-likeness (QED) is 0.530. The molecule has 0 heterocycles. The first-order valence-corrected chi connectivity index (χ1v) is 12.0. The molecular formula is C27H29N3O5. The van der Waals surface area contributed by atoms with E-state index in [1.54, 1.807) is 0 Å². The average Bonchev–Trinajstić information content (AvgIpc) is 3.19. The Morgan fingerprint density at radius 1 is 1.03 bits per heavy atom. The molecule has 1 saturated carbocycles. The number of hydrogen-bond acceptors (Lipinski definition) is 5. The van der Waals surface area contributed by atoms with Gasteiger partial charge in [0.25, 0.3) is 0 Å². The molecule has 8 heteroatoms. The standard InChI is InChI=1S/C27H29N3O5/c28-15-17-7-1-6-12-23(17)29-26(33)24(13-14-25(31)32)30-27(34)35-16-22-20-10-4-2-8-18(20)19-9-3-5-11-21(19)22/h2-5,8-11,17,22-24H,1,6-7,12-14,16H2,(H,29,33)(H,30,34)(H,31,32). The van der Waals surface area contributed by atoms with Gasteiger partial charge >= 0.3 is 12.1 Å². The van der Waals surface area contributed by atoms with Gasteiger partial charge in [-0.2, -0.15) is 5.26 Å². The summed E-state index contributed by atoms with van der Waals surface area (Å²) in [7, 11) is 0. The Balaban J connectivity index is 1.40. The molecule has 3 N–H and O–H groups in total. The third-order valence-corrected chi connectivity index (χ3v) is 6.86.